The smallest absolute Gasteiger partial charge is 0.322 e. The van der Waals surface area contributed by atoms with Crippen LogP contribution in [0.4, 0.5) is 9.18 Å². The molecule has 0 bridgehead atoms. The summed E-state index contributed by atoms with van der Waals surface area (Å²) >= 11 is 0. The van der Waals surface area contributed by atoms with Gasteiger partial charge in [0.15, 0.2) is 0 Å². The molecule has 182 valence electrons. The summed E-state index contributed by atoms with van der Waals surface area (Å²) in [5.41, 5.74) is 4.98. The van der Waals surface area contributed by atoms with Gasteiger partial charge in [-0.05, 0) is 61.4 Å². The number of benzene rings is 3. The number of carbonyl (C=O) groups is 1. The number of nitrogens with zero attached hydrogens (tertiary/aromatic N) is 3. The van der Waals surface area contributed by atoms with Crippen molar-refractivity contribution >= 4 is 11.6 Å². The van der Waals surface area contributed by atoms with Crippen LogP contribution in [-0.4, -0.2) is 28.2 Å². The largest absolute Gasteiger partial charge is 0.497 e. The number of rotatable bonds is 6. The van der Waals surface area contributed by atoms with Crippen LogP contribution in [0.15, 0.2) is 83.0 Å². The minimum Gasteiger partial charge on any atom is -0.497 e. The molecule has 2 amide bonds. The van der Waals surface area contributed by atoms with E-state index in [0.29, 0.717) is 35.0 Å². The minimum absolute atomic E-state index is 0.225. The van der Waals surface area contributed by atoms with Crippen molar-refractivity contribution < 1.29 is 18.4 Å². The number of allylic oxidation sites excluding steroid dienone is 1. The maximum absolute atomic E-state index is 13.4. The molecule has 7 nitrogen and oxygen atoms in total. The predicted octanol–water partition coefficient (Wildman–Crippen LogP) is 5.89. The van der Waals surface area contributed by atoms with Crippen molar-refractivity contribution in [2.24, 2.45) is 0 Å². The molecule has 0 fully saturated rings. The van der Waals surface area contributed by atoms with Crippen LogP contribution >= 0.6 is 0 Å². The number of urea groups is 1. The normalized spacial score (nSPS) is 15.7. The number of nitrogens with one attached hydrogen (secondary N) is 1. The minimum atomic E-state index is -0.515. The maximum atomic E-state index is 13.4. The Bertz CT molecular complexity index is 1430. The first kappa shape index (κ1) is 23.3. The zero-order chi connectivity index (χ0) is 25.2. The Hall–Kier alpha value is -4.46. The fraction of sp³-hybridized carbons (Fsp3) is 0.179. The van der Waals surface area contributed by atoms with Crippen molar-refractivity contribution in [3.05, 3.63) is 107 Å². The summed E-state index contributed by atoms with van der Waals surface area (Å²) in [7, 11) is 1.60. The molecule has 0 aliphatic carbocycles. The first-order chi connectivity index (χ1) is 17.4. The molecule has 5 rings (SSSR count). The van der Waals surface area contributed by atoms with Gasteiger partial charge >= 0.3 is 6.03 Å². The molecule has 36 heavy (non-hydrogen) atoms. The van der Waals surface area contributed by atoms with Gasteiger partial charge in [-0.3, -0.25) is 4.90 Å². The van der Waals surface area contributed by atoms with Gasteiger partial charge in [0.1, 0.15) is 11.6 Å². The molecule has 4 aromatic rings. The van der Waals surface area contributed by atoms with E-state index in [9.17, 15) is 9.18 Å². The van der Waals surface area contributed by atoms with Gasteiger partial charge in [-0.1, -0.05) is 47.1 Å². The van der Waals surface area contributed by atoms with E-state index < -0.39 is 6.04 Å². The molecule has 3 aromatic carbocycles. The van der Waals surface area contributed by atoms with Crippen molar-refractivity contribution in [3.8, 4) is 17.1 Å². The zero-order valence-electron chi connectivity index (χ0n) is 20.2. The molecule has 0 radical (unpaired) electrons. The molecular formula is C28H25FN4O3. The average Bonchev–Trinajstić information content (AvgIpc) is 3.36. The lowest BCUT2D eigenvalue weighted by Crippen LogP contribution is -2.45. The fourth-order valence-electron chi connectivity index (χ4n) is 4.34. The highest BCUT2D eigenvalue weighted by Crippen LogP contribution is 2.38. The molecule has 1 N–H and O–H groups in total. The van der Waals surface area contributed by atoms with E-state index in [1.807, 2.05) is 56.3 Å². The maximum Gasteiger partial charge on any atom is 0.322 e. The van der Waals surface area contributed by atoms with Crippen LogP contribution in [0, 0.1) is 12.7 Å². The van der Waals surface area contributed by atoms with Crippen LogP contribution in [0.5, 0.6) is 5.75 Å². The second-order valence-electron chi connectivity index (χ2n) is 8.66. The molecule has 1 atom stereocenters. The molecule has 1 unspecified atom stereocenters. The monoisotopic (exact) mass is 484 g/mol. The number of aromatic nitrogens is 2. The van der Waals surface area contributed by atoms with E-state index in [-0.39, 0.29) is 17.7 Å². The Morgan fingerprint density at radius 1 is 1.06 bits per heavy atom. The van der Waals surface area contributed by atoms with Crippen LogP contribution in [0.2, 0.25) is 0 Å². The summed E-state index contributed by atoms with van der Waals surface area (Å²) in [4.78, 5) is 19.6. The molecular weight excluding hydrogens is 459 g/mol. The van der Waals surface area contributed by atoms with Gasteiger partial charge in [0.05, 0.1) is 25.3 Å². The van der Waals surface area contributed by atoms with E-state index in [1.165, 1.54) is 12.1 Å². The number of methoxy groups -OCH3 is 1. The van der Waals surface area contributed by atoms with Gasteiger partial charge in [-0.15, -0.1) is 0 Å². The Kier molecular flexibility index (Phi) is 6.25. The summed E-state index contributed by atoms with van der Waals surface area (Å²) in [6.07, 6.45) is 0. The van der Waals surface area contributed by atoms with E-state index in [1.54, 1.807) is 24.1 Å². The Balaban J connectivity index is 1.59. The highest BCUT2D eigenvalue weighted by molar-refractivity contribution is 5.87. The second kappa shape index (κ2) is 9.65. The third-order valence-corrected chi connectivity index (χ3v) is 6.23. The molecule has 0 spiro atoms. The summed E-state index contributed by atoms with van der Waals surface area (Å²) in [5, 5.41) is 7.23. The number of aryl methyl sites for hydroxylation is 1. The van der Waals surface area contributed by atoms with E-state index in [2.05, 4.69) is 21.5 Å². The number of amides is 2. The predicted molar refractivity (Wildman–Crippen MR) is 133 cm³/mol. The highest BCUT2D eigenvalue weighted by atomic mass is 19.1. The van der Waals surface area contributed by atoms with Crippen molar-refractivity contribution in [2.45, 2.75) is 26.4 Å². The lowest BCUT2D eigenvalue weighted by molar-refractivity contribution is 0.203. The standard InChI is InChI=1S/C28H25FN4O3/c1-17-5-4-6-19(15-17)16-33-18(2)24(25(30-28(33)34)20-9-13-23(35-3)14-10-20)27-31-26(32-36-27)21-7-11-22(29)12-8-21/h4-15,25H,16H2,1-3H3,(H,30,34). The van der Waals surface area contributed by atoms with Gasteiger partial charge in [-0.2, -0.15) is 4.98 Å². The number of halogens is 1. The molecule has 1 aliphatic rings. The SMILES string of the molecule is COc1ccc(C2NC(=O)N(Cc3cccc(C)c3)C(C)=C2c2nc(-c3ccc(F)cc3)no2)cc1. The molecule has 0 saturated carbocycles. The first-order valence-corrected chi connectivity index (χ1v) is 11.5. The summed E-state index contributed by atoms with van der Waals surface area (Å²) in [6.45, 7) is 4.28. The van der Waals surface area contributed by atoms with Crippen molar-refractivity contribution in [2.75, 3.05) is 7.11 Å². The molecule has 1 aliphatic heterocycles. The van der Waals surface area contributed by atoms with Gasteiger partial charge < -0.3 is 14.6 Å². The van der Waals surface area contributed by atoms with Crippen LogP contribution in [-0.2, 0) is 6.54 Å². The third-order valence-electron chi connectivity index (χ3n) is 6.23. The van der Waals surface area contributed by atoms with E-state index in [4.69, 9.17) is 9.26 Å². The molecule has 0 saturated heterocycles. The van der Waals surface area contributed by atoms with Crippen LogP contribution < -0.4 is 10.1 Å². The Morgan fingerprint density at radius 3 is 2.50 bits per heavy atom. The summed E-state index contributed by atoms with van der Waals surface area (Å²) in [5.74, 6) is 0.978. The molecule has 1 aromatic heterocycles. The number of hydrogen-bond acceptors (Lipinski definition) is 5. The quantitative estimate of drug-likeness (QED) is 0.369. The second-order valence-corrected chi connectivity index (χ2v) is 8.66. The van der Waals surface area contributed by atoms with Gasteiger partial charge in [0.2, 0.25) is 5.82 Å². The lowest BCUT2D eigenvalue weighted by Gasteiger charge is -2.35. The van der Waals surface area contributed by atoms with Crippen molar-refractivity contribution in [3.63, 3.8) is 0 Å². The van der Waals surface area contributed by atoms with Crippen LogP contribution in [0.3, 0.4) is 0 Å². The number of carbonyl (C=O) groups excluding carboxylic acids is 1. The van der Waals surface area contributed by atoms with E-state index >= 15 is 0 Å². The topological polar surface area (TPSA) is 80.5 Å². The summed E-state index contributed by atoms with van der Waals surface area (Å²) < 4.78 is 24.4. The third kappa shape index (κ3) is 4.57. The first-order valence-electron chi connectivity index (χ1n) is 11.5. The van der Waals surface area contributed by atoms with Crippen molar-refractivity contribution in [1.82, 2.24) is 20.4 Å². The van der Waals surface area contributed by atoms with Gasteiger partial charge in [-0.25, -0.2) is 9.18 Å². The van der Waals surface area contributed by atoms with Crippen LogP contribution in [0.1, 0.15) is 35.5 Å². The number of ether oxygens (including phenoxy) is 1. The fourth-order valence-corrected chi connectivity index (χ4v) is 4.34. The average molecular weight is 485 g/mol. The zero-order valence-corrected chi connectivity index (χ0v) is 20.2. The van der Waals surface area contributed by atoms with Crippen LogP contribution in [0.25, 0.3) is 17.0 Å². The summed E-state index contributed by atoms with van der Waals surface area (Å²) in [6, 6.07) is 20.6. The molecule has 8 heteroatoms. The van der Waals surface area contributed by atoms with Gasteiger partial charge in [0.25, 0.3) is 5.89 Å². The highest BCUT2D eigenvalue weighted by Gasteiger charge is 2.35. The Labute approximate surface area is 208 Å². The number of hydrogen-bond donors (Lipinski definition) is 1. The lowest BCUT2D eigenvalue weighted by atomic mass is 9.94. The molecule has 2 heterocycles. The Morgan fingerprint density at radius 2 is 1.81 bits per heavy atom. The van der Waals surface area contributed by atoms with E-state index in [0.717, 1.165) is 16.7 Å². The van der Waals surface area contributed by atoms with Gasteiger partial charge in [0, 0.05) is 11.3 Å². The van der Waals surface area contributed by atoms with Crippen molar-refractivity contribution in [1.29, 1.82) is 0 Å².